The highest BCUT2D eigenvalue weighted by Gasteiger charge is 2.34. The molecule has 3 heterocycles. The first-order valence-corrected chi connectivity index (χ1v) is 13.1. The molecule has 0 amide bonds. The maximum Gasteiger partial charge on any atom is 0.308 e. The van der Waals surface area contributed by atoms with Crippen LogP contribution in [0.1, 0.15) is 37.4 Å². The van der Waals surface area contributed by atoms with Gasteiger partial charge < -0.3 is 14.7 Å². The van der Waals surface area contributed by atoms with E-state index in [1.54, 1.807) is 37.3 Å². The fourth-order valence-electron chi connectivity index (χ4n) is 4.86. The molecule has 1 aliphatic heterocycles. The van der Waals surface area contributed by atoms with Crippen LogP contribution in [0.15, 0.2) is 59.9 Å². The first-order chi connectivity index (χ1) is 17.0. The molecule has 35 heavy (non-hydrogen) atoms. The summed E-state index contributed by atoms with van der Waals surface area (Å²) in [5.41, 5.74) is 1.31. The molecular weight excluding hydrogens is 465 g/mol. The van der Waals surface area contributed by atoms with Crippen molar-refractivity contribution >= 4 is 28.6 Å². The molecule has 0 spiro atoms. The number of carbonyl (C=O) groups is 1. The summed E-state index contributed by atoms with van der Waals surface area (Å²) in [5, 5.41) is 11.6. The summed E-state index contributed by atoms with van der Waals surface area (Å²) >= 11 is 1.72. The monoisotopic (exact) mass is 497 g/mol. The zero-order chi connectivity index (χ0) is 24.6. The van der Waals surface area contributed by atoms with Crippen LogP contribution < -0.4 is 4.74 Å². The number of ether oxygens (including phenoxy) is 1. The number of carboxylic acid groups (broad SMARTS) is 1. The van der Waals surface area contributed by atoms with E-state index in [9.17, 15) is 9.90 Å². The smallest absolute Gasteiger partial charge is 0.308 e. The second kappa shape index (κ2) is 12.3. The van der Waals surface area contributed by atoms with Crippen LogP contribution >= 0.6 is 11.8 Å². The molecule has 8 heteroatoms. The number of pyridine rings is 2. The fourth-order valence-corrected chi connectivity index (χ4v) is 5.65. The standard InChI is InChI=1S/C27H32FN3O3S/c1-34-20-7-9-25-22(17-20)21(10-13-29-25)24(28)8-6-19-11-15-31(18-23(19)27(32)33)14-4-16-35-26-5-2-3-12-30-26/h2-3,5,7,9-10,12-13,17,19,23-24H,4,6,8,11,14-16,18H2,1H3,(H,32,33)/t19-,23+,24-/m1/s1. The van der Waals surface area contributed by atoms with E-state index in [4.69, 9.17) is 4.74 Å². The van der Waals surface area contributed by atoms with Crippen molar-refractivity contribution in [1.29, 1.82) is 0 Å². The van der Waals surface area contributed by atoms with E-state index < -0.39 is 18.1 Å². The predicted molar refractivity (Wildman–Crippen MR) is 137 cm³/mol. The van der Waals surface area contributed by atoms with E-state index in [0.29, 0.717) is 30.7 Å². The number of likely N-dealkylation sites (tertiary alicyclic amines) is 1. The van der Waals surface area contributed by atoms with Crippen molar-refractivity contribution in [1.82, 2.24) is 14.9 Å². The molecule has 4 rings (SSSR count). The molecule has 0 bridgehead atoms. The number of methoxy groups -OCH3 is 1. The summed E-state index contributed by atoms with van der Waals surface area (Å²) in [6.07, 6.45) is 4.84. The van der Waals surface area contributed by atoms with Crippen molar-refractivity contribution < 1.29 is 19.0 Å². The molecule has 3 atom stereocenters. The summed E-state index contributed by atoms with van der Waals surface area (Å²) in [6.45, 7) is 2.25. The molecule has 1 aliphatic rings. The second-order valence-corrected chi connectivity index (χ2v) is 10.1. The number of benzene rings is 1. The molecule has 1 saturated heterocycles. The number of thioether (sulfide) groups is 1. The molecule has 0 radical (unpaired) electrons. The predicted octanol–water partition coefficient (Wildman–Crippen LogP) is 5.63. The molecule has 6 nitrogen and oxygen atoms in total. The Morgan fingerprint density at radius 1 is 1.26 bits per heavy atom. The number of aliphatic carboxylic acids is 1. The van der Waals surface area contributed by atoms with Crippen LogP contribution in [0.4, 0.5) is 4.39 Å². The SMILES string of the molecule is COc1ccc2nccc([C@H](F)CC[C@@H]3CCN(CCCSc4ccccn4)C[C@@H]3C(=O)O)c2c1. The minimum atomic E-state index is -1.18. The Kier molecular flexibility index (Phi) is 8.93. The lowest BCUT2D eigenvalue weighted by Gasteiger charge is -2.36. The van der Waals surface area contributed by atoms with Crippen molar-refractivity contribution in [3.63, 3.8) is 0 Å². The van der Waals surface area contributed by atoms with E-state index in [1.165, 1.54) is 0 Å². The zero-order valence-electron chi connectivity index (χ0n) is 20.0. The molecule has 1 N–H and O–H groups in total. The van der Waals surface area contributed by atoms with Gasteiger partial charge in [-0.05, 0) is 86.7 Å². The van der Waals surface area contributed by atoms with Crippen LogP contribution in [0.5, 0.6) is 5.75 Å². The van der Waals surface area contributed by atoms with E-state index in [1.807, 2.05) is 36.4 Å². The van der Waals surface area contributed by atoms with Gasteiger partial charge in [0, 0.05) is 30.1 Å². The first kappa shape index (κ1) is 25.4. The van der Waals surface area contributed by atoms with Gasteiger partial charge in [0.25, 0.3) is 0 Å². The molecule has 3 aromatic rings. The van der Waals surface area contributed by atoms with Crippen LogP contribution in [0.3, 0.4) is 0 Å². The van der Waals surface area contributed by atoms with Gasteiger partial charge in [-0.15, -0.1) is 11.8 Å². The van der Waals surface area contributed by atoms with Crippen LogP contribution in [0.25, 0.3) is 10.9 Å². The normalized spacial score (nSPS) is 19.5. The third-order valence-corrected chi connectivity index (χ3v) is 7.80. The fraction of sp³-hybridized carbons (Fsp3) is 0.444. The number of piperidine rings is 1. The molecule has 0 aliphatic carbocycles. The molecular formula is C27H32FN3O3S. The van der Waals surface area contributed by atoms with E-state index >= 15 is 4.39 Å². The minimum absolute atomic E-state index is 0.0208. The Labute approximate surface area is 209 Å². The highest BCUT2D eigenvalue weighted by atomic mass is 32.2. The molecule has 0 unspecified atom stereocenters. The van der Waals surface area contributed by atoms with Gasteiger partial charge in [-0.2, -0.15) is 0 Å². The average molecular weight is 498 g/mol. The van der Waals surface area contributed by atoms with Crippen molar-refractivity contribution in [3.05, 3.63) is 60.4 Å². The number of aromatic nitrogens is 2. The van der Waals surface area contributed by atoms with Gasteiger partial charge in [0.2, 0.25) is 0 Å². The summed E-state index contributed by atoms with van der Waals surface area (Å²) in [7, 11) is 1.59. The number of nitrogens with zero attached hydrogens (tertiary/aromatic N) is 3. The van der Waals surface area contributed by atoms with Crippen LogP contribution in [0.2, 0.25) is 0 Å². The van der Waals surface area contributed by atoms with Crippen molar-refractivity contribution in [3.8, 4) is 5.75 Å². The maximum atomic E-state index is 15.4. The molecule has 0 saturated carbocycles. The Hall–Kier alpha value is -2.71. The number of carboxylic acids is 1. The number of rotatable bonds is 11. The first-order valence-electron chi connectivity index (χ1n) is 12.1. The highest BCUT2D eigenvalue weighted by Crippen LogP contribution is 2.35. The van der Waals surface area contributed by atoms with E-state index in [-0.39, 0.29) is 5.92 Å². The summed E-state index contributed by atoms with van der Waals surface area (Å²) < 4.78 is 20.7. The Balaban J connectivity index is 1.30. The summed E-state index contributed by atoms with van der Waals surface area (Å²) in [5.74, 6) is 0.344. The van der Waals surface area contributed by atoms with Gasteiger partial charge in [-0.25, -0.2) is 9.37 Å². The quantitative estimate of drug-likeness (QED) is 0.272. The van der Waals surface area contributed by atoms with Gasteiger partial charge in [0.1, 0.15) is 11.9 Å². The van der Waals surface area contributed by atoms with E-state index in [0.717, 1.165) is 47.6 Å². The number of hydrogen-bond acceptors (Lipinski definition) is 6. The van der Waals surface area contributed by atoms with Crippen molar-refractivity contribution in [2.75, 3.05) is 32.5 Å². The van der Waals surface area contributed by atoms with Crippen LogP contribution in [-0.4, -0.2) is 58.4 Å². The van der Waals surface area contributed by atoms with Crippen LogP contribution in [0, 0.1) is 11.8 Å². The second-order valence-electron chi connectivity index (χ2n) is 8.99. The average Bonchev–Trinajstić information content (AvgIpc) is 2.89. The number of halogens is 1. The Bertz CT molecular complexity index is 1120. The van der Waals surface area contributed by atoms with Gasteiger partial charge in [0.15, 0.2) is 0 Å². The zero-order valence-corrected chi connectivity index (χ0v) is 20.8. The molecule has 186 valence electrons. The lowest BCUT2D eigenvalue weighted by atomic mass is 9.81. The maximum absolute atomic E-state index is 15.4. The third-order valence-electron chi connectivity index (χ3n) is 6.77. The number of hydrogen-bond donors (Lipinski definition) is 1. The number of fused-ring (bicyclic) bond motifs is 1. The minimum Gasteiger partial charge on any atom is -0.497 e. The largest absolute Gasteiger partial charge is 0.497 e. The summed E-state index contributed by atoms with van der Waals surface area (Å²) in [4.78, 5) is 22.9. The molecule has 2 aromatic heterocycles. The van der Waals surface area contributed by atoms with E-state index in [2.05, 4.69) is 14.9 Å². The number of alkyl halides is 1. The van der Waals surface area contributed by atoms with Gasteiger partial charge in [0.05, 0.1) is 23.6 Å². The van der Waals surface area contributed by atoms with Crippen molar-refractivity contribution in [2.24, 2.45) is 11.8 Å². The van der Waals surface area contributed by atoms with Gasteiger partial charge in [-0.1, -0.05) is 6.07 Å². The van der Waals surface area contributed by atoms with Gasteiger partial charge in [-0.3, -0.25) is 9.78 Å². The Morgan fingerprint density at radius 2 is 2.14 bits per heavy atom. The third kappa shape index (κ3) is 6.70. The van der Waals surface area contributed by atoms with Crippen molar-refractivity contribution in [2.45, 2.75) is 36.9 Å². The Morgan fingerprint density at radius 3 is 2.91 bits per heavy atom. The van der Waals surface area contributed by atoms with Crippen LogP contribution in [-0.2, 0) is 4.79 Å². The molecule has 1 fully saturated rings. The highest BCUT2D eigenvalue weighted by molar-refractivity contribution is 7.99. The topological polar surface area (TPSA) is 75.5 Å². The lowest BCUT2D eigenvalue weighted by molar-refractivity contribution is -0.146. The molecule has 1 aromatic carbocycles. The lowest BCUT2D eigenvalue weighted by Crippen LogP contribution is -2.44. The summed E-state index contributed by atoms with van der Waals surface area (Å²) in [6, 6.07) is 13.1. The van der Waals surface area contributed by atoms with Gasteiger partial charge >= 0.3 is 5.97 Å².